The van der Waals surface area contributed by atoms with Gasteiger partial charge in [0.05, 0.1) is 29.8 Å². The number of aryl methyl sites for hydroxylation is 1. The summed E-state index contributed by atoms with van der Waals surface area (Å²) in [6, 6.07) is 13.9. The molecule has 8 nitrogen and oxygen atoms in total. The van der Waals surface area contributed by atoms with Gasteiger partial charge in [0.15, 0.2) is 5.76 Å². The lowest BCUT2D eigenvalue weighted by Gasteiger charge is -2.09. The molecule has 0 aliphatic carbocycles. The number of hydrogen-bond acceptors (Lipinski definition) is 6. The second-order valence-corrected chi connectivity index (χ2v) is 6.92. The summed E-state index contributed by atoms with van der Waals surface area (Å²) in [5.41, 5.74) is 3.02. The number of hydrogen-bond donors (Lipinski definition) is 2. The van der Waals surface area contributed by atoms with E-state index in [1.807, 2.05) is 0 Å². The second-order valence-electron chi connectivity index (χ2n) is 6.92. The Morgan fingerprint density at radius 2 is 1.97 bits per heavy atom. The molecule has 1 amide bonds. The van der Waals surface area contributed by atoms with Crippen LogP contribution in [-0.4, -0.2) is 28.5 Å². The maximum atomic E-state index is 12.4. The topological polar surface area (TPSA) is 106 Å². The molecule has 4 aromatic rings. The van der Waals surface area contributed by atoms with Gasteiger partial charge in [0.1, 0.15) is 11.5 Å². The van der Waals surface area contributed by atoms with Crippen molar-refractivity contribution in [1.82, 2.24) is 9.97 Å². The van der Waals surface area contributed by atoms with E-state index in [9.17, 15) is 9.59 Å². The van der Waals surface area contributed by atoms with Crippen molar-refractivity contribution in [1.29, 1.82) is 0 Å². The third kappa shape index (κ3) is 4.70. The molecule has 0 spiro atoms. The van der Waals surface area contributed by atoms with Gasteiger partial charge in [-0.25, -0.2) is 4.79 Å². The molecule has 0 atom stereocenters. The molecule has 0 unspecified atom stereocenters. The first-order chi connectivity index (χ1) is 15.5. The molecule has 3 aromatic heterocycles. The second kappa shape index (κ2) is 9.22. The van der Waals surface area contributed by atoms with E-state index in [1.54, 1.807) is 74.8 Å². The highest BCUT2D eigenvalue weighted by Crippen LogP contribution is 2.27. The number of furan rings is 1. The summed E-state index contributed by atoms with van der Waals surface area (Å²) in [5, 5.41) is 2.80. The van der Waals surface area contributed by atoms with E-state index in [-0.39, 0.29) is 11.7 Å². The minimum absolute atomic E-state index is 0.267. The Labute approximate surface area is 184 Å². The number of ether oxygens (including phenoxy) is 2. The Hall–Kier alpha value is -4.33. The number of anilines is 1. The molecule has 4 rings (SSSR count). The van der Waals surface area contributed by atoms with Gasteiger partial charge < -0.3 is 24.2 Å². The Bertz CT molecular complexity index is 1260. The molecular weight excluding hydrogens is 410 g/mol. The van der Waals surface area contributed by atoms with Gasteiger partial charge in [-0.05, 0) is 44.2 Å². The predicted molar refractivity (Wildman–Crippen MR) is 118 cm³/mol. The molecule has 0 fully saturated rings. The van der Waals surface area contributed by atoms with Crippen LogP contribution in [0.5, 0.6) is 11.5 Å². The fraction of sp³-hybridized carbons (Fsp3) is 0.125. The molecule has 0 saturated heterocycles. The van der Waals surface area contributed by atoms with Crippen molar-refractivity contribution in [3.05, 3.63) is 84.1 Å². The maximum absolute atomic E-state index is 12.4. The molecular formula is C24H21N3O5. The quantitative estimate of drug-likeness (QED) is 0.390. The SMILES string of the molecule is CCOC(=O)c1c[nH]c(-c2cc(Oc3cccc(NC(=O)c4occc4C)c3)ccn2)c1. The zero-order chi connectivity index (χ0) is 22.5. The molecule has 32 heavy (non-hydrogen) atoms. The van der Waals surface area contributed by atoms with Crippen LogP contribution in [0.4, 0.5) is 5.69 Å². The summed E-state index contributed by atoms with van der Waals surface area (Å²) in [4.78, 5) is 31.6. The average Bonchev–Trinajstić information content (AvgIpc) is 3.44. The minimum atomic E-state index is -0.397. The van der Waals surface area contributed by atoms with Crippen molar-refractivity contribution in [2.24, 2.45) is 0 Å². The number of nitrogens with zero attached hydrogens (tertiary/aromatic N) is 1. The van der Waals surface area contributed by atoms with Gasteiger partial charge >= 0.3 is 5.97 Å². The molecule has 0 bridgehead atoms. The van der Waals surface area contributed by atoms with Gasteiger partial charge in [0.25, 0.3) is 5.91 Å². The fourth-order valence-corrected chi connectivity index (χ4v) is 3.06. The highest BCUT2D eigenvalue weighted by molar-refractivity contribution is 6.03. The Kier molecular flexibility index (Phi) is 6.03. The van der Waals surface area contributed by atoms with Gasteiger partial charge in [-0.1, -0.05) is 6.07 Å². The number of pyridine rings is 1. The van der Waals surface area contributed by atoms with E-state index in [0.717, 1.165) is 5.56 Å². The number of esters is 1. The van der Waals surface area contributed by atoms with Gasteiger partial charge in [0.2, 0.25) is 0 Å². The van der Waals surface area contributed by atoms with Crippen LogP contribution in [0.2, 0.25) is 0 Å². The number of rotatable bonds is 7. The molecule has 1 aromatic carbocycles. The summed E-state index contributed by atoms with van der Waals surface area (Å²) in [5.74, 6) is 0.622. The predicted octanol–water partition coefficient (Wildman–Crippen LogP) is 5.20. The van der Waals surface area contributed by atoms with Crippen LogP contribution >= 0.6 is 0 Å². The van der Waals surface area contributed by atoms with Gasteiger partial charge in [-0.3, -0.25) is 9.78 Å². The largest absolute Gasteiger partial charge is 0.462 e. The van der Waals surface area contributed by atoms with Crippen molar-refractivity contribution in [3.63, 3.8) is 0 Å². The molecule has 0 radical (unpaired) electrons. The van der Waals surface area contributed by atoms with Crippen LogP contribution in [0.3, 0.4) is 0 Å². The first-order valence-electron chi connectivity index (χ1n) is 9.99. The summed E-state index contributed by atoms with van der Waals surface area (Å²) in [7, 11) is 0. The summed E-state index contributed by atoms with van der Waals surface area (Å²) in [6.07, 6.45) is 4.67. The zero-order valence-electron chi connectivity index (χ0n) is 17.5. The van der Waals surface area contributed by atoms with Crippen molar-refractivity contribution >= 4 is 17.6 Å². The van der Waals surface area contributed by atoms with E-state index in [2.05, 4.69) is 15.3 Å². The third-order valence-electron chi connectivity index (χ3n) is 4.60. The van der Waals surface area contributed by atoms with Crippen molar-refractivity contribution in [3.8, 4) is 22.9 Å². The van der Waals surface area contributed by atoms with Crippen LogP contribution in [0.15, 0.2) is 71.6 Å². The number of carbonyl (C=O) groups excluding carboxylic acids is 2. The minimum Gasteiger partial charge on any atom is -0.462 e. The fourth-order valence-electron chi connectivity index (χ4n) is 3.06. The number of benzene rings is 1. The number of aromatic nitrogens is 2. The molecule has 3 heterocycles. The monoisotopic (exact) mass is 431 g/mol. The number of aromatic amines is 1. The number of amides is 1. The van der Waals surface area contributed by atoms with E-state index in [0.29, 0.717) is 40.7 Å². The van der Waals surface area contributed by atoms with Gasteiger partial charge in [-0.15, -0.1) is 0 Å². The first kappa shape index (κ1) is 20.9. The van der Waals surface area contributed by atoms with E-state index in [4.69, 9.17) is 13.9 Å². The standard InChI is InChI=1S/C24H21N3O5/c1-3-30-24(29)16-11-20(26-14-16)21-13-19(7-9-25-21)32-18-6-4-5-17(12-18)27-23(28)22-15(2)8-10-31-22/h4-14,26H,3H2,1-2H3,(H,27,28). The van der Waals surface area contributed by atoms with E-state index >= 15 is 0 Å². The van der Waals surface area contributed by atoms with Crippen LogP contribution in [0.1, 0.15) is 33.4 Å². The lowest BCUT2D eigenvalue weighted by atomic mass is 10.2. The third-order valence-corrected chi connectivity index (χ3v) is 4.60. The van der Waals surface area contributed by atoms with Crippen LogP contribution in [0.25, 0.3) is 11.4 Å². The van der Waals surface area contributed by atoms with Crippen LogP contribution in [0, 0.1) is 6.92 Å². The molecule has 0 aliphatic rings. The van der Waals surface area contributed by atoms with Gasteiger partial charge in [-0.2, -0.15) is 0 Å². The highest BCUT2D eigenvalue weighted by atomic mass is 16.5. The lowest BCUT2D eigenvalue weighted by Crippen LogP contribution is -2.12. The molecule has 2 N–H and O–H groups in total. The van der Waals surface area contributed by atoms with Crippen molar-refractivity contribution in [2.45, 2.75) is 13.8 Å². The number of carbonyl (C=O) groups is 2. The summed E-state index contributed by atoms with van der Waals surface area (Å²) >= 11 is 0. The van der Waals surface area contributed by atoms with Crippen molar-refractivity contribution < 1.29 is 23.5 Å². The van der Waals surface area contributed by atoms with Crippen LogP contribution < -0.4 is 10.1 Å². The average molecular weight is 431 g/mol. The van der Waals surface area contributed by atoms with E-state index < -0.39 is 5.97 Å². The molecule has 162 valence electrons. The normalized spacial score (nSPS) is 10.6. The highest BCUT2D eigenvalue weighted by Gasteiger charge is 2.14. The van der Waals surface area contributed by atoms with Crippen LogP contribution in [-0.2, 0) is 4.74 Å². The van der Waals surface area contributed by atoms with Gasteiger partial charge in [0, 0.05) is 35.8 Å². The lowest BCUT2D eigenvalue weighted by molar-refractivity contribution is 0.0526. The maximum Gasteiger partial charge on any atom is 0.339 e. The summed E-state index contributed by atoms with van der Waals surface area (Å²) in [6.45, 7) is 3.87. The molecule has 0 saturated carbocycles. The Morgan fingerprint density at radius 1 is 1.12 bits per heavy atom. The Morgan fingerprint density at radius 3 is 2.75 bits per heavy atom. The molecule has 8 heteroatoms. The first-order valence-corrected chi connectivity index (χ1v) is 9.99. The smallest absolute Gasteiger partial charge is 0.339 e. The number of nitrogens with one attached hydrogen (secondary N) is 2. The summed E-state index contributed by atoms with van der Waals surface area (Å²) < 4.78 is 16.2. The zero-order valence-corrected chi connectivity index (χ0v) is 17.5. The molecule has 0 aliphatic heterocycles. The van der Waals surface area contributed by atoms with E-state index in [1.165, 1.54) is 6.26 Å². The Balaban J connectivity index is 1.48. The number of H-pyrrole nitrogens is 1. The van der Waals surface area contributed by atoms with Crippen molar-refractivity contribution in [2.75, 3.05) is 11.9 Å².